The Bertz CT molecular complexity index is 903. The van der Waals surface area contributed by atoms with Crippen molar-refractivity contribution >= 4 is 11.7 Å². The van der Waals surface area contributed by atoms with Crippen molar-refractivity contribution in [3.8, 4) is 5.75 Å². The van der Waals surface area contributed by atoms with Crippen molar-refractivity contribution in [2.24, 2.45) is 0 Å². The number of likely N-dealkylation sites (tertiary alicyclic amines) is 1. The number of anilines is 1. The number of fused-ring (bicyclic) bond motifs is 1. The molecule has 32 heavy (non-hydrogen) atoms. The van der Waals surface area contributed by atoms with Gasteiger partial charge in [0.2, 0.25) is 5.91 Å². The first kappa shape index (κ1) is 22.8. The van der Waals surface area contributed by atoms with Crippen molar-refractivity contribution in [3.05, 3.63) is 42.4 Å². The number of para-hydroxylation sites is 1. The summed E-state index contributed by atoms with van der Waals surface area (Å²) in [6, 6.07) is 7.96. The number of nitrogens with one attached hydrogen (secondary N) is 2. The van der Waals surface area contributed by atoms with Gasteiger partial charge in [0.15, 0.2) is 5.82 Å². The Morgan fingerprint density at radius 2 is 2.06 bits per heavy atom. The minimum absolute atomic E-state index is 0.0340. The summed E-state index contributed by atoms with van der Waals surface area (Å²) in [6.45, 7) is 10.4. The van der Waals surface area contributed by atoms with Gasteiger partial charge < -0.3 is 19.5 Å². The van der Waals surface area contributed by atoms with Gasteiger partial charge in [-0.1, -0.05) is 31.5 Å². The van der Waals surface area contributed by atoms with Crippen LogP contribution in [0.4, 0.5) is 5.82 Å². The number of rotatable bonds is 9. The fourth-order valence-corrected chi connectivity index (χ4v) is 4.80. The van der Waals surface area contributed by atoms with E-state index in [1.807, 2.05) is 30.7 Å². The molecule has 0 spiro atoms. The van der Waals surface area contributed by atoms with Crippen molar-refractivity contribution in [2.75, 3.05) is 31.6 Å². The first-order valence-electron chi connectivity index (χ1n) is 12.0. The lowest BCUT2D eigenvalue weighted by Crippen LogP contribution is -2.50. The molecule has 0 unspecified atom stereocenters. The quantitative estimate of drug-likeness (QED) is 0.627. The van der Waals surface area contributed by atoms with Gasteiger partial charge in [0.25, 0.3) is 0 Å². The summed E-state index contributed by atoms with van der Waals surface area (Å²) in [5.74, 6) is 1.52. The van der Waals surface area contributed by atoms with E-state index in [0.29, 0.717) is 12.4 Å². The maximum absolute atomic E-state index is 13.1. The van der Waals surface area contributed by atoms with Crippen LogP contribution in [0.1, 0.15) is 52.0 Å². The molecule has 0 radical (unpaired) electrons. The molecule has 1 aromatic heterocycles. The van der Waals surface area contributed by atoms with Crippen LogP contribution in [0, 0.1) is 0 Å². The van der Waals surface area contributed by atoms with E-state index in [4.69, 9.17) is 4.74 Å². The van der Waals surface area contributed by atoms with Gasteiger partial charge in [0, 0.05) is 18.8 Å². The van der Waals surface area contributed by atoms with E-state index in [2.05, 4.69) is 51.9 Å². The summed E-state index contributed by atoms with van der Waals surface area (Å²) >= 11 is 0. The Balaban J connectivity index is 1.36. The summed E-state index contributed by atoms with van der Waals surface area (Å²) in [7, 11) is 0. The number of imidazole rings is 1. The van der Waals surface area contributed by atoms with Gasteiger partial charge >= 0.3 is 0 Å². The minimum Gasteiger partial charge on any atom is -0.492 e. The van der Waals surface area contributed by atoms with E-state index in [0.717, 1.165) is 31.6 Å². The predicted molar refractivity (Wildman–Crippen MR) is 127 cm³/mol. The lowest BCUT2D eigenvalue weighted by Gasteiger charge is -2.31. The van der Waals surface area contributed by atoms with Crippen LogP contribution in [0.2, 0.25) is 0 Å². The van der Waals surface area contributed by atoms with Crippen molar-refractivity contribution in [2.45, 2.75) is 70.5 Å². The van der Waals surface area contributed by atoms with Crippen molar-refractivity contribution in [1.82, 2.24) is 19.8 Å². The third kappa shape index (κ3) is 5.51. The third-order valence-corrected chi connectivity index (χ3v) is 6.55. The summed E-state index contributed by atoms with van der Waals surface area (Å²) in [5.41, 5.74) is 1.11. The van der Waals surface area contributed by atoms with Gasteiger partial charge in [-0.25, -0.2) is 4.98 Å². The second-order valence-electron chi connectivity index (χ2n) is 9.78. The largest absolute Gasteiger partial charge is 0.492 e. The van der Waals surface area contributed by atoms with E-state index >= 15 is 0 Å². The van der Waals surface area contributed by atoms with Crippen LogP contribution in [0.25, 0.3) is 0 Å². The zero-order valence-electron chi connectivity index (χ0n) is 19.6. The van der Waals surface area contributed by atoms with Crippen LogP contribution in [-0.2, 0) is 16.8 Å². The molecule has 1 aromatic carbocycles. The molecular weight excluding hydrogens is 402 g/mol. The Morgan fingerprint density at radius 3 is 2.84 bits per heavy atom. The molecule has 2 atom stereocenters. The molecule has 1 amide bonds. The van der Waals surface area contributed by atoms with Crippen LogP contribution >= 0.6 is 0 Å². The highest BCUT2D eigenvalue weighted by Gasteiger charge is 2.28. The molecule has 0 bridgehead atoms. The number of carbonyl (C=O) groups is 1. The maximum Gasteiger partial charge on any atom is 0.242 e. The number of benzene rings is 1. The van der Waals surface area contributed by atoms with E-state index in [1.165, 1.54) is 31.5 Å². The number of carbonyl (C=O) groups excluding carboxylic acids is 1. The predicted octanol–water partition coefficient (Wildman–Crippen LogP) is 3.41. The molecule has 4 rings (SSSR count). The average molecular weight is 440 g/mol. The lowest BCUT2D eigenvalue weighted by molar-refractivity contribution is -0.118. The molecule has 2 aliphatic rings. The number of hydrogen-bond acceptors (Lipinski definition) is 5. The fourth-order valence-electron chi connectivity index (χ4n) is 4.80. The molecule has 2 aliphatic heterocycles. The molecular formula is C25H37N5O2. The number of aromatic nitrogens is 2. The van der Waals surface area contributed by atoms with Gasteiger partial charge in [-0.15, -0.1) is 0 Å². The molecule has 1 fully saturated rings. The lowest BCUT2D eigenvalue weighted by atomic mass is 10.0. The van der Waals surface area contributed by atoms with E-state index in [-0.39, 0.29) is 23.5 Å². The molecule has 7 heteroatoms. The zero-order valence-corrected chi connectivity index (χ0v) is 19.6. The highest BCUT2D eigenvalue weighted by atomic mass is 16.5. The Morgan fingerprint density at radius 1 is 1.28 bits per heavy atom. The average Bonchev–Trinajstić information content (AvgIpc) is 3.45. The Hall–Kier alpha value is -2.38. The standard InChI is InChI=1S/C25H37N5O2/c1-4-9-21(27-20-14-19-10-5-6-11-22(19)32-16-20)24(31)28-23-15-30(18-26-23)25(2,3)17-29-12-7-8-13-29/h5-6,10-11,15,18,20-21,27H,4,7-9,12-14,16-17H2,1-3H3,(H,28,31)/t20-,21+/m1/s1. The van der Waals surface area contributed by atoms with E-state index in [9.17, 15) is 4.79 Å². The topological polar surface area (TPSA) is 71.4 Å². The monoisotopic (exact) mass is 439 g/mol. The smallest absolute Gasteiger partial charge is 0.242 e. The zero-order chi connectivity index (χ0) is 22.6. The first-order chi connectivity index (χ1) is 15.4. The SMILES string of the molecule is CCC[C@H](N[C@H]1COc2ccccc2C1)C(=O)Nc1cn(C(C)(C)CN2CCCC2)cn1. The fraction of sp³-hybridized carbons (Fsp3) is 0.600. The normalized spacial score (nSPS) is 19.9. The van der Waals surface area contributed by atoms with Crippen LogP contribution in [0.5, 0.6) is 5.75 Å². The molecule has 0 aliphatic carbocycles. The van der Waals surface area contributed by atoms with E-state index < -0.39 is 0 Å². The molecule has 0 saturated carbocycles. The Kier molecular flexibility index (Phi) is 7.16. The highest BCUT2D eigenvalue weighted by Crippen LogP contribution is 2.25. The van der Waals surface area contributed by atoms with Gasteiger partial charge in [-0.05, 0) is 64.3 Å². The van der Waals surface area contributed by atoms with Crippen LogP contribution in [0.15, 0.2) is 36.8 Å². The van der Waals surface area contributed by atoms with Crippen LogP contribution < -0.4 is 15.4 Å². The molecule has 7 nitrogen and oxygen atoms in total. The van der Waals surface area contributed by atoms with Crippen LogP contribution in [-0.4, -0.2) is 58.7 Å². The summed E-state index contributed by atoms with van der Waals surface area (Å²) in [4.78, 5) is 20.1. The molecule has 2 N–H and O–H groups in total. The number of nitrogens with zero attached hydrogens (tertiary/aromatic N) is 3. The van der Waals surface area contributed by atoms with Crippen molar-refractivity contribution in [3.63, 3.8) is 0 Å². The summed E-state index contributed by atoms with van der Waals surface area (Å²) < 4.78 is 8.01. The van der Waals surface area contributed by atoms with Gasteiger partial charge in [-0.2, -0.15) is 0 Å². The minimum atomic E-state index is -0.276. The number of amides is 1. The number of hydrogen-bond donors (Lipinski definition) is 2. The molecule has 174 valence electrons. The first-order valence-corrected chi connectivity index (χ1v) is 12.0. The van der Waals surface area contributed by atoms with E-state index in [1.54, 1.807) is 0 Å². The van der Waals surface area contributed by atoms with Gasteiger partial charge in [-0.3, -0.25) is 10.1 Å². The maximum atomic E-state index is 13.1. The second kappa shape index (κ2) is 10.0. The summed E-state index contributed by atoms with van der Waals surface area (Å²) in [6.07, 6.45) is 8.91. The summed E-state index contributed by atoms with van der Waals surface area (Å²) in [5, 5.41) is 6.56. The van der Waals surface area contributed by atoms with Crippen molar-refractivity contribution < 1.29 is 9.53 Å². The third-order valence-electron chi connectivity index (χ3n) is 6.55. The highest BCUT2D eigenvalue weighted by molar-refractivity contribution is 5.94. The Labute approximate surface area is 191 Å². The molecule has 2 aromatic rings. The number of ether oxygens (including phenoxy) is 1. The second-order valence-corrected chi connectivity index (χ2v) is 9.78. The van der Waals surface area contributed by atoms with Gasteiger partial charge in [0.1, 0.15) is 12.4 Å². The van der Waals surface area contributed by atoms with Crippen molar-refractivity contribution in [1.29, 1.82) is 0 Å². The molecule has 3 heterocycles. The molecule has 1 saturated heterocycles. The van der Waals surface area contributed by atoms with Gasteiger partial charge in [0.05, 0.1) is 17.9 Å². The van der Waals surface area contributed by atoms with Crippen LogP contribution in [0.3, 0.4) is 0 Å².